The van der Waals surface area contributed by atoms with Gasteiger partial charge in [0.2, 0.25) is 0 Å². The molecule has 0 radical (unpaired) electrons. The Balaban J connectivity index is 0.00000289. The van der Waals surface area contributed by atoms with Gasteiger partial charge in [-0.05, 0) is 67.8 Å². The molecule has 4 rings (SSSR count). The molecule has 1 N–H and O–H groups in total. The Morgan fingerprint density at radius 3 is 2.22 bits per heavy atom. The number of hydrogen-bond donors (Lipinski definition) is 1. The highest BCUT2D eigenvalue weighted by atomic mass is 35.5. The molecule has 0 amide bonds. The number of aliphatic carboxylic acids is 1. The standard InChI is InChI=1S/C26H29FN2O2.ClH/c1-19-17-29(16-15-26(19,24(30)31)21-5-3-2-4-6-21)23-11-13-25(18-28,14-12-23)20-7-9-22(27)10-8-20;/h2-10,19,23H,11-17H2,1H3,(H,30,31);1H/t19-,23-,25-,26-;/m1./s1. The van der Waals surface area contributed by atoms with Gasteiger partial charge in [-0.2, -0.15) is 5.26 Å². The largest absolute Gasteiger partial charge is 0.481 e. The molecule has 32 heavy (non-hydrogen) atoms. The molecule has 4 nitrogen and oxygen atoms in total. The van der Waals surface area contributed by atoms with Crippen LogP contribution in [0.2, 0.25) is 0 Å². The van der Waals surface area contributed by atoms with Crippen LogP contribution in [0.25, 0.3) is 0 Å². The second-order valence-electron chi connectivity index (χ2n) is 9.22. The molecule has 2 aromatic carbocycles. The fourth-order valence-corrected chi connectivity index (χ4v) is 5.80. The van der Waals surface area contributed by atoms with Gasteiger partial charge in [-0.3, -0.25) is 4.79 Å². The van der Waals surface area contributed by atoms with Crippen molar-refractivity contribution in [3.05, 3.63) is 71.5 Å². The first-order valence-electron chi connectivity index (χ1n) is 11.1. The van der Waals surface area contributed by atoms with Crippen LogP contribution >= 0.6 is 12.4 Å². The Bertz CT molecular complexity index is 968. The number of halogens is 2. The van der Waals surface area contributed by atoms with Crippen LogP contribution in [0.5, 0.6) is 0 Å². The van der Waals surface area contributed by atoms with Crippen molar-refractivity contribution in [1.82, 2.24) is 4.90 Å². The number of nitrogens with zero attached hydrogens (tertiary/aromatic N) is 2. The number of likely N-dealkylation sites (tertiary alicyclic amines) is 1. The minimum atomic E-state index is -0.850. The fraction of sp³-hybridized carbons (Fsp3) is 0.462. The average molecular weight is 457 g/mol. The van der Waals surface area contributed by atoms with Crippen molar-refractivity contribution in [3.8, 4) is 6.07 Å². The topological polar surface area (TPSA) is 64.3 Å². The quantitative estimate of drug-likeness (QED) is 0.676. The van der Waals surface area contributed by atoms with E-state index in [1.165, 1.54) is 12.1 Å². The molecule has 2 fully saturated rings. The van der Waals surface area contributed by atoms with Crippen LogP contribution in [-0.4, -0.2) is 35.1 Å². The van der Waals surface area contributed by atoms with E-state index in [1.807, 2.05) is 37.3 Å². The summed E-state index contributed by atoms with van der Waals surface area (Å²) >= 11 is 0. The van der Waals surface area contributed by atoms with E-state index < -0.39 is 16.8 Å². The zero-order valence-electron chi connectivity index (χ0n) is 18.3. The van der Waals surface area contributed by atoms with E-state index in [4.69, 9.17) is 0 Å². The van der Waals surface area contributed by atoms with E-state index in [0.29, 0.717) is 12.5 Å². The normalized spacial score (nSPS) is 30.7. The number of rotatable bonds is 4. The molecule has 0 spiro atoms. The maximum Gasteiger partial charge on any atom is 0.314 e. The molecule has 2 atom stereocenters. The number of hydrogen-bond acceptors (Lipinski definition) is 3. The van der Waals surface area contributed by atoms with Gasteiger partial charge in [0.15, 0.2) is 0 Å². The molecule has 0 bridgehead atoms. The van der Waals surface area contributed by atoms with Crippen molar-refractivity contribution >= 4 is 18.4 Å². The molecule has 1 aliphatic carbocycles. The smallest absolute Gasteiger partial charge is 0.314 e. The van der Waals surface area contributed by atoms with Crippen molar-refractivity contribution in [2.75, 3.05) is 13.1 Å². The lowest BCUT2D eigenvalue weighted by Crippen LogP contribution is -2.56. The maximum atomic E-state index is 13.3. The zero-order chi connectivity index (χ0) is 22.1. The first-order chi connectivity index (χ1) is 14.9. The number of carbonyl (C=O) groups is 1. The lowest BCUT2D eigenvalue weighted by molar-refractivity contribution is -0.149. The van der Waals surface area contributed by atoms with Gasteiger partial charge >= 0.3 is 5.97 Å². The number of piperidine rings is 1. The molecule has 170 valence electrons. The molecule has 2 aliphatic rings. The third kappa shape index (κ3) is 4.14. The van der Waals surface area contributed by atoms with Gasteiger partial charge < -0.3 is 10.0 Å². The molecule has 1 saturated heterocycles. The highest BCUT2D eigenvalue weighted by molar-refractivity contribution is 5.85. The van der Waals surface area contributed by atoms with E-state index in [1.54, 1.807) is 12.1 Å². The second-order valence-corrected chi connectivity index (χ2v) is 9.22. The summed E-state index contributed by atoms with van der Waals surface area (Å²) < 4.78 is 13.3. The Morgan fingerprint density at radius 1 is 1.06 bits per heavy atom. The first-order valence-corrected chi connectivity index (χ1v) is 11.1. The van der Waals surface area contributed by atoms with Crippen LogP contribution < -0.4 is 0 Å². The van der Waals surface area contributed by atoms with Crippen LogP contribution in [0.15, 0.2) is 54.6 Å². The van der Waals surface area contributed by atoms with E-state index in [2.05, 4.69) is 11.0 Å². The van der Waals surface area contributed by atoms with Crippen molar-refractivity contribution < 1.29 is 14.3 Å². The Hall–Kier alpha value is -2.42. The second kappa shape index (κ2) is 9.60. The van der Waals surface area contributed by atoms with Gasteiger partial charge in [0, 0.05) is 12.6 Å². The monoisotopic (exact) mass is 456 g/mol. The van der Waals surface area contributed by atoms with Crippen LogP contribution in [0, 0.1) is 23.1 Å². The highest BCUT2D eigenvalue weighted by Crippen LogP contribution is 2.44. The predicted molar refractivity (Wildman–Crippen MR) is 124 cm³/mol. The minimum absolute atomic E-state index is 0. The summed E-state index contributed by atoms with van der Waals surface area (Å²) in [6, 6.07) is 18.8. The zero-order valence-corrected chi connectivity index (χ0v) is 19.2. The number of nitriles is 1. The maximum absolute atomic E-state index is 13.3. The average Bonchev–Trinajstić information content (AvgIpc) is 2.80. The van der Waals surface area contributed by atoms with Crippen LogP contribution in [0.1, 0.15) is 50.2 Å². The summed E-state index contributed by atoms with van der Waals surface area (Å²) in [5.74, 6) is -1.04. The molecule has 1 saturated carbocycles. The summed E-state index contributed by atoms with van der Waals surface area (Å²) in [7, 11) is 0. The van der Waals surface area contributed by atoms with Gasteiger partial charge in [-0.1, -0.05) is 49.4 Å². The van der Waals surface area contributed by atoms with Gasteiger partial charge in [-0.25, -0.2) is 4.39 Å². The molecular weight excluding hydrogens is 427 g/mol. The highest BCUT2D eigenvalue weighted by Gasteiger charge is 2.50. The van der Waals surface area contributed by atoms with Gasteiger partial charge in [0.25, 0.3) is 0 Å². The number of benzene rings is 2. The van der Waals surface area contributed by atoms with Gasteiger partial charge in [0.1, 0.15) is 5.82 Å². The lowest BCUT2D eigenvalue weighted by atomic mass is 9.65. The Labute approximate surface area is 195 Å². The summed E-state index contributed by atoms with van der Waals surface area (Å²) in [5, 5.41) is 20.1. The van der Waals surface area contributed by atoms with E-state index in [9.17, 15) is 19.6 Å². The summed E-state index contributed by atoms with van der Waals surface area (Å²) in [5.41, 5.74) is 0.381. The van der Waals surface area contributed by atoms with Crippen molar-refractivity contribution in [2.24, 2.45) is 5.92 Å². The van der Waals surface area contributed by atoms with Gasteiger partial charge in [-0.15, -0.1) is 12.4 Å². The van der Waals surface area contributed by atoms with Gasteiger partial charge in [0.05, 0.1) is 16.9 Å². The molecule has 1 heterocycles. The number of carboxylic acid groups (broad SMARTS) is 1. The molecule has 0 aromatic heterocycles. The minimum Gasteiger partial charge on any atom is -0.481 e. The molecule has 2 aromatic rings. The third-order valence-corrected chi connectivity index (χ3v) is 7.75. The predicted octanol–water partition coefficient (Wildman–Crippen LogP) is 5.32. The van der Waals surface area contributed by atoms with Crippen molar-refractivity contribution in [1.29, 1.82) is 5.26 Å². The molecule has 1 aliphatic heterocycles. The van der Waals surface area contributed by atoms with Crippen molar-refractivity contribution in [2.45, 2.75) is 55.9 Å². The fourth-order valence-electron chi connectivity index (χ4n) is 5.80. The van der Waals surface area contributed by atoms with E-state index in [0.717, 1.165) is 49.9 Å². The van der Waals surface area contributed by atoms with Crippen LogP contribution in [0.3, 0.4) is 0 Å². The third-order valence-electron chi connectivity index (χ3n) is 7.75. The molecular formula is C26H30ClFN2O2. The van der Waals surface area contributed by atoms with Crippen LogP contribution in [0.4, 0.5) is 4.39 Å². The lowest BCUT2D eigenvalue weighted by Gasteiger charge is -2.48. The van der Waals surface area contributed by atoms with Crippen LogP contribution in [-0.2, 0) is 15.6 Å². The molecule has 0 unspecified atom stereocenters. The summed E-state index contributed by atoms with van der Waals surface area (Å²) in [4.78, 5) is 14.8. The summed E-state index contributed by atoms with van der Waals surface area (Å²) in [6.45, 7) is 3.53. The first kappa shape index (κ1) is 24.2. The summed E-state index contributed by atoms with van der Waals surface area (Å²) in [6.07, 6.45) is 3.86. The number of carboxylic acids is 1. The van der Waals surface area contributed by atoms with E-state index >= 15 is 0 Å². The Kier molecular flexibility index (Phi) is 7.27. The van der Waals surface area contributed by atoms with Crippen molar-refractivity contribution in [3.63, 3.8) is 0 Å². The molecule has 6 heteroatoms. The van der Waals surface area contributed by atoms with E-state index in [-0.39, 0.29) is 24.1 Å². The Morgan fingerprint density at radius 2 is 1.69 bits per heavy atom. The SMILES string of the molecule is C[C@@H]1CN([C@H]2CC[C@](C#N)(c3ccc(F)cc3)CC2)CC[C@]1(C(=O)O)c1ccccc1.Cl.